The van der Waals surface area contributed by atoms with Crippen molar-refractivity contribution in [3.8, 4) is 5.75 Å². The molecule has 0 unspecified atom stereocenters. The third-order valence-corrected chi connectivity index (χ3v) is 3.26. The van der Waals surface area contributed by atoms with Crippen molar-refractivity contribution in [3.05, 3.63) is 53.8 Å². The molecule has 0 aliphatic rings. The molecule has 2 rings (SSSR count). The molecule has 0 radical (unpaired) electrons. The summed E-state index contributed by atoms with van der Waals surface area (Å²) in [4.78, 5) is 1.72. The molecule has 1 atom stereocenters. The minimum absolute atomic E-state index is 0.360. The van der Waals surface area contributed by atoms with E-state index in [1.165, 1.54) is 6.07 Å². The Morgan fingerprint density at radius 3 is 2.35 bits per heavy atom. The second kappa shape index (κ2) is 5.92. The van der Waals surface area contributed by atoms with Crippen LogP contribution >= 0.6 is 0 Å². The first-order valence-corrected chi connectivity index (χ1v) is 6.39. The van der Waals surface area contributed by atoms with Crippen molar-refractivity contribution < 1.29 is 14.2 Å². The van der Waals surface area contributed by atoms with Gasteiger partial charge in [0.2, 0.25) is 0 Å². The molecule has 4 heteroatoms. The van der Waals surface area contributed by atoms with Gasteiger partial charge in [0.1, 0.15) is 11.6 Å². The number of rotatable bonds is 4. The van der Waals surface area contributed by atoms with Crippen LogP contribution < -0.4 is 9.64 Å². The maximum Gasteiger partial charge on any atom is 0.147 e. The highest BCUT2D eigenvalue weighted by Gasteiger charge is 2.17. The van der Waals surface area contributed by atoms with Crippen LogP contribution in [0.15, 0.2) is 42.5 Å². The van der Waals surface area contributed by atoms with Crippen LogP contribution in [0.5, 0.6) is 5.75 Å². The van der Waals surface area contributed by atoms with Gasteiger partial charge >= 0.3 is 0 Å². The summed E-state index contributed by atoms with van der Waals surface area (Å²) in [6.45, 7) is 1.63. The highest BCUT2D eigenvalue weighted by molar-refractivity contribution is 5.67. The third-order valence-electron chi connectivity index (χ3n) is 3.26. The van der Waals surface area contributed by atoms with E-state index in [2.05, 4.69) is 0 Å². The minimum atomic E-state index is -0.735. The number of methoxy groups -OCH3 is 1. The van der Waals surface area contributed by atoms with E-state index in [4.69, 9.17) is 4.74 Å². The summed E-state index contributed by atoms with van der Waals surface area (Å²) < 4.78 is 19.2. The van der Waals surface area contributed by atoms with Gasteiger partial charge in [-0.25, -0.2) is 4.39 Å². The number of hydrogen-bond acceptors (Lipinski definition) is 3. The number of benzene rings is 2. The van der Waals surface area contributed by atoms with Crippen LogP contribution in [0.4, 0.5) is 15.8 Å². The van der Waals surface area contributed by atoms with Gasteiger partial charge in [-0.2, -0.15) is 0 Å². The van der Waals surface area contributed by atoms with Crippen molar-refractivity contribution in [2.75, 3.05) is 19.1 Å². The molecule has 0 fully saturated rings. The first-order valence-electron chi connectivity index (χ1n) is 6.39. The molecular formula is C16H18FNO2. The molecule has 0 bridgehead atoms. The van der Waals surface area contributed by atoms with Gasteiger partial charge in [0.15, 0.2) is 0 Å². The monoisotopic (exact) mass is 275 g/mol. The molecule has 106 valence electrons. The SMILES string of the molecule is COc1ccc(N(C)c2c(F)cccc2[C@@H](C)O)cc1. The Labute approximate surface area is 118 Å². The largest absolute Gasteiger partial charge is 0.497 e. The van der Waals surface area contributed by atoms with Gasteiger partial charge in [-0.05, 0) is 37.3 Å². The predicted molar refractivity (Wildman–Crippen MR) is 78.1 cm³/mol. The van der Waals surface area contributed by atoms with Gasteiger partial charge in [-0.3, -0.25) is 0 Å². The molecule has 0 aliphatic carbocycles. The fourth-order valence-electron chi connectivity index (χ4n) is 2.16. The van der Waals surface area contributed by atoms with Crippen LogP contribution in [0.1, 0.15) is 18.6 Å². The van der Waals surface area contributed by atoms with Crippen LogP contribution in [0, 0.1) is 5.82 Å². The van der Waals surface area contributed by atoms with Gasteiger partial charge < -0.3 is 14.7 Å². The van der Waals surface area contributed by atoms with E-state index >= 15 is 0 Å². The zero-order valence-corrected chi connectivity index (χ0v) is 11.8. The Bertz CT molecular complexity index is 582. The molecule has 0 aliphatic heterocycles. The first-order chi connectivity index (χ1) is 9.54. The molecular weight excluding hydrogens is 257 g/mol. The Hall–Kier alpha value is -2.07. The normalized spacial score (nSPS) is 12.1. The average Bonchev–Trinajstić information content (AvgIpc) is 2.46. The predicted octanol–water partition coefficient (Wildman–Crippen LogP) is 3.66. The quantitative estimate of drug-likeness (QED) is 0.924. The summed E-state index contributed by atoms with van der Waals surface area (Å²) in [5.74, 6) is 0.383. The fraction of sp³-hybridized carbons (Fsp3) is 0.250. The fourth-order valence-corrected chi connectivity index (χ4v) is 2.16. The van der Waals surface area contributed by atoms with Crippen molar-refractivity contribution in [2.24, 2.45) is 0 Å². The number of aliphatic hydroxyl groups excluding tert-OH is 1. The second-order valence-electron chi connectivity index (χ2n) is 4.61. The number of ether oxygens (including phenoxy) is 1. The molecule has 0 saturated heterocycles. The molecule has 0 saturated carbocycles. The lowest BCUT2D eigenvalue weighted by Crippen LogP contribution is -2.14. The third kappa shape index (κ3) is 2.75. The van der Waals surface area contributed by atoms with Crippen LogP contribution in [-0.2, 0) is 0 Å². The van der Waals surface area contributed by atoms with Crippen molar-refractivity contribution in [1.29, 1.82) is 0 Å². The van der Waals surface area contributed by atoms with Gasteiger partial charge in [0.05, 0.1) is 18.9 Å². The van der Waals surface area contributed by atoms with Crippen molar-refractivity contribution in [3.63, 3.8) is 0 Å². The lowest BCUT2D eigenvalue weighted by Gasteiger charge is -2.24. The standard InChI is InChI=1S/C16H18FNO2/c1-11(19)14-5-4-6-15(17)16(14)18(2)12-7-9-13(20-3)10-8-12/h4-11,19H,1-3H3/t11-/m1/s1. The zero-order chi connectivity index (χ0) is 14.7. The van der Waals surface area contributed by atoms with Crippen LogP contribution in [0.3, 0.4) is 0 Å². The molecule has 2 aromatic rings. The smallest absolute Gasteiger partial charge is 0.147 e. The maximum atomic E-state index is 14.1. The van der Waals surface area contributed by atoms with Crippen molar-refractivity contribution in [2.45, 2.75) is 13.0 Å². The number of hydrogen-bond donors (Lipinski definition) is 1. The van der Waals surface area contributed by atoms with Gasteiger partial charge in [-0.1, -0.05) is 12.1 Å². The van der Waals surface area contributed by atoms with Crippen LogP contribution in [0.25, 0.3) is 0 Å². The van der Waals surface area contributed by atoms with E-state index in [1.807, 2.05) is 24.3 Å². The number of aliphatic hydroxyl groups is 1. The summed E-state index contributed by atoms with van der Waals surface area (Å²) in [7, 11) is 3.37. The van der Waals surface area contributed by atoms with E-state index in [0.29, 0.717) is 11.3 Å². The van der Waals surface area contributed by atoms with Gasteiger partial charge in [0, 0.05) is 18.3 Å². The molecule has 0 amide bonds. The highest BCUT2D eigenvalue weighted by atomic mass is 19.1. The summed E-state index contributed by atoms with van der Waals surface area (Å²) in [6.07, 6.45) is -0.735. The zero-order valence-electron chi connectivity index (χ0n) is 11.8. The Balaban J connectivity index is 2.44. The summed E-state index contributed by atoms with van der Waals surface area (Å²) in [5, 5.41) is 9.79. The summed E-state index contributed by atoms with van der Waals surface area (Å²) >= 11 is 0. The summed E-state index contributed by atoms with van der Waals surface area (Å²) in [6, 6.07) is 12.0. The van der Waals surface area contributed by atoms with Crippen LogP contribution in [-0.4, -0.2) is 19.3 Å². The van der Waals surface area contributed by atoms with Gasteiger partial charge in [-0.15, -0.1) is 0 Å². The van der Waals surface area contributed by atoms with Gasteiger partial charge in [0.25, 0.3) is 0 Å². The Morgan fingerprint density at radius 2 is 1.80 bits per heavy atom. The van der Waals surface area contributed by atoms with Crippen molar-refractivity contribution >= 4 is 11.4 Å². The van der Waals surface area contributed by atoms with Crippen LogP contribution in [0.2, 0.25) is 0 Å². The molecule has 0 spiro atoms. The Kier molecular flexibility index (Phi) is 4.25. The lowest BCUT2D eigenvalue weighted by atomic mass is 10.1. The molecule has 1 N–H and O–H groups in total. The number of nitrogens with zero attached hydrogens (tertiary/aromatic N) is 1. The number of para-hydroxylation sites is 1. The number of anilines is 2. The Morgan fingerprint density at radius 1 is 1.15 bits per heavy atom. The second-order valence-corrected chi connectivity index (χ2v) is 4.61. The average molecular weight is 275 g/mol. The molecule has 0 aromatic heterocycles. The van der Waals surface area contributed by atoms with E-state index < -0.39 is 6.10 Å². The van der Waals surface area contributed by atoms with E-state index in [0.717, 1.165) is 11.4 Å². The highest BCUT2D eigenvalue weighted by Crippen LogP contribution is 2.33. The first kappa shape index (κ1) is 14.3. The minimum Gasteiger partial charge on any atom is -0.497 e. The molecule has 3 nitrogen and oxygen atoms in total. The topological polar surface area (TPSA) is 32.7 Å². The van der Waals surface area contributed by atoms with E-state index in [-0.39, 0.29) is 5.82 Å². The van der Waals surface area contributed by atoms with E-state index in [9.17, 15) is 9.50 Å². The molecule has 20 heavy (non-hydrogen) atoms. The van der Waals surface area contributed by atoms with Crippen molar-refractivity contribution in [1.82, 2.24) is 0 Å². The summed E-state index contributed by atoms with van der Waals surface area (Å²) in [5.41, 5.74) is 1.76. The molecule has 0 heterocycles. The lowest BCUT2D eigenvalue weighted by molar-refractivity contribution is 0.199. The van der Waals surface area contributed by atoms with E-state index in [1.54, 1.807) is 38.1 Å². The molecule has 2 aromatic carbocycles. The maximum absolute atomic E-state index is 14.1. The number of halogens is 1.